The Hall–Kier alpha value is -2.21. The van der Waals surface area contributed by atoms with Crippen molar-refractivity contribution in [1.82, 2.24) is 15.0 Å². The summed E-state index contributed by atoms with van der Waals surface area (Å²) in [6, 6.07) is 8.04. The average molecular weight is 333 g/mol. The maximum Gasteiger partial charge on any atom is 0.141 e. The molecule has 1 aromatic carbocycles. The average Bonchev–Trinajstić information content (AvgIpc) is 2.92. The van der Waals surface area contributed by atoms with Gasteiger partial charge in [0.05, 0.1) is 17.5 Å². The fraction of sp³-hybridized carbons (Fsp3) is 0. The number of hydrogen-bond donors (Lipinski definition) is 2. The van der Waals surface area contributed by atoms with E-state index >= 15 is 0 Å². The maximum absolute atomic E-state index is 12.9. The normalized spacial score (nSPS) is 10.7. The standard InChI is InChI=1S/C14H10BrFN4/c15-9-5-11(13(17)18-6-9)14-19-7-12(20-14)8-1-3-10(16)4-2-8/h1-7H,(H2,17,18)(H,19,20). The summed E-state index contributed by atoms with van der Waals surface area (Å²) in [4.78, 5) is 11.5. The van der Waals surface area contributed by atoms with Crippen LogP contribution in [0.4, 0.5) is 10.2 Å². The van der Waals surface area contributed by atoms with Crippen LogP contribution in [0.1, 0.15) is 0 Å². The number of hydrogen-bond acceptors (Lipinski definition) is 3. The summed E-state index contributed by atoms with van der Waals surface area (Å²) in [6.07, 6.45) is 3.31. The Morgan fingerprint density at radius 1 is 1.10 bits per heavy atom. The van der Waals surface area contributed by atoms with Gasteiger partial charge in [0.25, 0.3) is 0 Å². The Kier molecular flexibility index (Phi) is 3.23. The second-order valence-electron chi connectivity index (χ2n) is 4.24. The lowest BCUT2D eigenvalue weighted by Crippen LogP contribution is -1.94. The summed E-state index contributed by atoms with van der Waals surface area (Å²) in [6.45, 7) is 0. The molecule has 0 saturated carbocycles. The van der Waals surface area contributed by atoms with Crippen molar-refractivity contribution in [1.29, 1.82) is 0 Å². The number of nitrogens with zero attached hydrogens (tertiary/aromatic N) is 2. The molecule has 0 unspecified atom stereocenters. The van der Waals surface area contributed by atoms with Crippen molar-refractivity contribution in [2.75, 3.05) is 5.73 Å². The lowest BCUT2D eigenvalue weighted by molar-refractivity contribution is 0.628. The van der Waals surface area contributed by atoms with E-state index in [2.05, 4.69) is 30.9 Å². The number of anilines is 1. The van der Waals surface area contributed by atoms with Crippen molar-refractivity contribution in [3.05, 3.63) is 53.0 Å². The number of aromatic nitrogens is 3. The molecule has 0 aliphatic carbocycles. The highest BCUT2D eigenvalue weighted by molar-refractivity contribution is 9.10. The zero-order chi connectivity index (χ0) is 14.1. The van der Waals surface area contributed by atoms with Crippen LogP contribution < -0.4 is 5.73 Å². The number of halogens is 2. The molecule has 4 nitrogen and oxygen atoms in total. The lowest BCUT2D eigenvalue weighted by Gasteiger charge is -2.02. The first-order valence-corrected chi connectivity index (χ1v) is 6.65. The maximum atomic E-state index is 12.9. The van der Waals surface area contributed by atoms with Gasteiger partial charge in [-0.25, -0.2) is 14.4 Å². The van der Waals surface area contributed by atoms with Crippen LogP contribution in [0.2, 0.25) is 0 Å². The van der Waals surface area contributed by atoms with Crippen molar-refractivity contribution in [3.63, 3.8) is 0 Å². The quantitative estimate of drug-likeness (QED) is 0.753. The second-order valence-corrected chi connectivity index (χ2v) is 5.15. The van der Waals surface area contributed by atoms with Gasteiger partial charge in [0, 0.05) is 10.7 Å². The summed E-state index contributed by atoms with van der Waals surface area (Å²) in [5, 5.41) is 0. The molecule has 0 atom stereocenters. The van der Waals surface area contributed by atoms with E-state index in [9.17, 15) is 4.39 Å². The fourth-order valence-electron chi connectivity index (χ4n) is 1.87. The van der Waals surface area contributed by atoms with E-state index < -0.39 is 0 Å². The molecule has 0 amide bonds. The van der Waals surface area contributed by atoms with Crippen LogP contribution in [-0.4, -0.2) is 15.0 Å². The number of H-pyrrole nitrogens is 1. The number of rotatable bonds is 2. The van der Waals surface area contributed by atoms with Gasteiger partial charge in [-0.2, -0.15) is 0 Å². The highest BCUT2D eigenvalue weighted by Gasteiger charge is 2.10. The first kappa shape index (κ1) is 12.8. The predicted octanol–water partition coefficient (Wildman–Crippen LogP) is 3.62. The summed E-state index contributed by atoms with van der Waals surface area (Å²) in [5.74, 6) is 0.748. The van der Waals surface area contributed by atoms with Crippen molar-refractivity contribution in [2.45, 2.75) is 0 Å². The molecule has 20 heavy (non-hydrogen) atoms. The Morgan fingerprint density at radius 3 is 2.60 bits per heavy atom. The molecule has 2 heterocycles. The van der Waals surface area contributed by atoms with Crippen LogP contribution in [0.5, 0.6) is 0 Å². The minimum Gasteiger partial charge on any atom is -0.383 e. The fourth-order valence-corrected chi connectivity index (χ4v) is 2.21. The van der Waals surface area contributed by atoms with Gasteiger partial charge in [-0.3, -0.25) is 0 Å². The largest absolute Gasteiger partial charge is 0.383 e. The molecular formula is C14H10BrFN4. The molecule has 6 heteroatoms. The van der Waals surface area contributed by atoms with Crippen LogP contribution in [0.3, 0.4) is 0 Å². The van der Waals surface area contributed by atoms with Crippen molar-refractivity contribution >= 4 is 21.7 Å². The van der Waals surface area contributed by atoms with E-state index in [1.807, 2.05) is 6.07 Å². The summed E-state index contributed by atoms with van der Waals surface area (Å²) in [5.41, 5.74) is 8.21. The van der Waals surface area contributed by atoms with Gasteiger partial charge in [-0.1, -0.05) is 0 Å². The SMILES string of the molecule is Nc1ncc(Br)cc1-c1ncc(-c2ccc(F)cc2)[nH]1. The molecule has 3 rings (SSSR count). The number of imidazole rings is 1. The molecule has 100 valence electrons. The molecular weight excluding hydrogens is 323 g/mol. The van der Waals surface area contributed by atoms with E-state index in [-0.39, 0.29) is 5.82 Å². The summed E-state index contributed by atoms with van der Waals surface area (Å²) < 4.78 is 13.7. The van der Waals surface area contributed by atoms with Gasteiger partial charge < -0.3 is 10.7 Å². The molecule has 0 saturated heterocycles. The van der Waals surface area contributed by atoms with E-state index in [1.54, 1.807) is 24.5 Å². The molecule has 2 aromatic heterocycles. The number of benzene rings is 1. The molecule has 0 bridgehead atoms. The number of aromatic amines is 1. The molecule has 3 N–H and O–H groups in total. The number of pyridine rings is 1. The first-order valence-electron chi connectivity index (χ1n) is 5.86. The van der Waals surface area contributed by atoms with E-state index in [1.165, 1.54) is 12.1 Å². The first-order chi connectivity index (χ1) is 9.63. The smallest absolute Gasteiger partial charge is 0.141 e. The number of nitrogens with two attached hydrogens (primary N) is 1. The van der Waals surface area contributed by atoms with Gasteiger partial charge in [0.1, 0.15) is 17.5 Å². The third kappa shape index (κ3) is 2.42. The summed E-state index contributed by atoms with van der Waals surface area (Å²) >= 11 is 3.35. The van der Waals surface area contributed by atoms with Crippen LogP contribution >= 0.6 is 15.9 Å². The molecule has 0 aliphatic heterocycles. The third-order valence-corrected chi connectivity index (χ3v) is 3.30. The minimum absolute atomic E-state index is 0.270. The Labute approximate surface area is 123 Å². The van der Waals surface area contributed by atoms with Gasteiger partial charge in [0.15, 0.2) is 0 Å². The monoisotopic (exact) mass is 332 g/mol. The van der Waals surface area contributed by atoms with Crippen molar-refractivity contribution < 1.29 is 4.39 Å². The minimum atomic E-state index is -0.270. The molecule has 0 spiro atoms. The zero-order valence-corrected chi connectivity index (χ0v) is 11.9. The van der Waals surface area contributed by atoms with Crippen LogP contribution in [-0.2, 0) is 0 Å². The highest BCUT2D eigenvalue weighted by Crippen LogP contribution is 2.27. The number of nitrogens with one attached hydrogen (secondary N) is 1. The van der Waals surface area contributed by atoms with Crippen LogP contribution in [0.15, 0.2) is 47.2 Å². The molecule has 0 radical (unpaired) electrons. The Balaban J connectivity index is 2.01. The summed E-state index contributed by atoms with van der Waals surface area (Å²) in [7, 11) is 0. The second kappa shape index (κ2) is 5.05. The molecule has 0 aliphatic rings. The van der Waals surface area contributed by atoms with Gasteiger partial charge >= 0.3 is 0 Å². The topological polar surface area (TPSA) is 67.6 Å². The van der Waals surface area contributed by atoms with Crippen molar-refractivity contribution in [2.24, 2.45) is 0 Å². The van der Waals surface area contributed by atoms with E-state index in [4.69, 9.17) is 5.73 Å². The molecule has 3 aromatic rings. The zero-order valence-electron chi connectivity index (χ0n) is 10.3. The van der Waals surface area contributed by atoms with Gasteiger partial charge in [0.2, 0.25) is 0 Å². The van der Waals surface area contributed by atoms with Gasteiger partial charge in [-0.05, 0) is 51.8 Å². The molecule has 0 fully saturated rings. The van der Waals surface area contributed by atoms with Gasteiger partial charge in [-0.15, -0.1) is 0 Å². The van der Waals surface area contributed by atoms with Crippen molar-refractivity contribution in [3.8, 4) is 22.6 Å². The third-order valence-electron chi connectivity index (χ3n) is 2.87. The number of nitrogen functional groups attached to an aromatic ring is 1. The predicted molar refractivity (Wildman–Crippen MR) is 79.3 cm³/mol. The highest BCUT2D eigenvalue weighted by atomic mass is 79.9. The van der Waals surface area contributed by atoms with E-state index in [0.717, 1.165) is 15.7 Å². The Bertz CT molecular complexity index is 752. The van der Waals surface area contributed by atoms with Crippen LogP contribution in [0, 0.1) is 5.82 Å². The van der Waals surface area contributed by atoms with E-state index in [0.29, 0.717) is 17.2 Å². The van der Waals surface area contributed by atoms with Crippen LogP contribution in [0.25, 0.3) is 22.6 Å². The Morgan fingerprint density at radius 2 is 1.85 bits per heavy atom. The lowest BCUT2D eigenvalue weighted by atomic mass is 10.2.